The molecule has 1 amide bonds. The zero-order valence-corrected chi connectivity index (χ0v) is 11.6. The smallest absolute Gasteiger partial charge is 0.230 e. The molecule has 0 aliphatic heterocycles. The lowest BCUT2D eigenvalue weighted by molar-refractivity contribution is -0.118. The molecular weight excluding hydrogens is 246 g/mol. The normalized spacial score (nSPS) is 12.1. The first-order chi connectivity index (χ1) is 8.72. The molecule has 1 atom stereocenters. The van der Waals surface area contributed by atoms with Gasteiger partial charge >= 0.3 is 0 Å². The van der Waals surface area contributed by atoms with Crippen molar-refractivity contribution in [1.82, 2.24) is 5.32 Å². The first kappa shape index (κ1) is 15.1. The van der Waals surface area contributed by atoms with Gasteiger partial charge in [0.15, 0.2) is 0 Å². The van der Waals surface area contributed by atoms with Gasteiger partial charge in [0.05, 0.1) is 5.75 Å². The van der Waals surface area contributed by atoms with E-state index in [0.717, 1.165) is 17.7 Å². The Labute approximate surface area is 113 Å². The van der Waals surface area contributed by atoms with E-state index in [1.54, 1.807) is 11.8 Å². The largest absolute Gasteiger partial charge is 0.396 e. The van der Waals surface area contributed by atoms with Crippen molar-refractivity contribution >= 4 is 17.7 Å². The molecule has 3 nitrogen and oxygen atoms in total. The molecule has 0 aliphatic rings. The van der Waals surface area contributed by atoms with Crippen LogP contribution in [0.25, 0.3) is 0 Å². The van der Waals surface area contributed by atoms with Crippen LogP contribution in [0.1, 0.15) is 19.8 Å². The standard InChI is InChI=1S/C14H21NO2S/c1-12(10-16)6-5-9-15-14(17)11-18-13-7-3-2-4-8-13/h2-4,7-8,12,16H,5-6,9-11H2,1H3,(H,15,17). The third-order valence-electron chi connectivity index (χ3n) is 2.62. The molecule has 1 aromatic rings. The summed E-state index contributed by atoms with van der Waals surface area (Å²) >= 11 is 1.55. The Morgan fingerprint density at radius 3 is 2.78 bits per heavy atom. The maximum Gasteiger partial charge on any atom is 0.230 e. The lowest BCUT2D eigenvalue weighted by Crippen LogP contribution is -2.26. The van der Waals surface area contributed by atoms with Gasteiger partial charge in [0.25, 0.3) is 0 Å². The van der Waals surface area contributed by atoms with Crippen molar-refractivity contribution < 1.29 is 9.90 Å². The van der Waals surface area contributed by atoms with E-state index in [1.165, 1.54) is 0 Å². The van der Waals surface area contributed by atoms with Gasteiger partial charge in [0.1, 0.15) is 0 Å². The van der Waals surface area contributed by atoms with Crippen LogP contribution in [0.2, 0.25) is 0 Å². The van der Waals surface area contributed by atoms with Gasteiger partial charge in [-0.05, 0) is 30.9 Å². The molecule has 1 rings (SSSR count). The number of amides is 1. The van der Waals surface area contributed by atoms with Crippen LogP contribution in [0, 0.1) is 5.92 Å². The molecule has 0 aliphatic carbocycles. The molecular formula is C14H21NO2S. The molecule has 0 aromatic heterocycles. The van der Waals surface area contributed by atoms with Crippen molar-refractivity contribution in [3.63, 3.8) is 0 Å². The predicted molar refractivity (Wildman–Crippen MR) is 75.7 cm³/mol. The lowest BCUT2D eigenvalue weighted by atomic mass is 10.1. The zero-order valence-electron chi connectivity index (χ0n) is 10.8. The monoisotopic (exact) mass is 267 g/mol. The molecule has 0 spiro atoms. The Morgan fingerprint density at radius 2 is 2.11 bits per heavy atom. The van der Waals surface area contributed by atoms with Crippen LogP contribution in [-0.2, 0) is 4.79 Å². The van der Waals surface area contributed by atoms with Crippen LogP contribution in [-0.4, -0.2) is 29.9 Å². The number of carbonyl (C=O) groups excluding carboxylic acids is 1. The van der Waals surface area contributed by atoms with Crippen molar-refractivity contribution in [2.45, 2.75) is 24.7 Å². The third kappa shape index (κ3) is 6.67. The molecule has 0 fully saturated rings. The first-order valence-corrected chi connectivity index (χ1v) is 7.26. The Morgan fingerprint density at radius 1 is 1.39 bits per heavy atom. The molecule has 0 bridgehead atoms. The summed E-state index contributed by atoms with van der Waals surface area (Å²) in [6.45, 7) is 2.92. The number of carbonyl (C=O) groups is 1. The summed E-state index contributed by atoms with van der Waals surface area (Å²) in [6.07, 6.45) is 1.87. The molecule has 1 aromatic carbocycles. The maximum atomic E-state index is 11.5. The van der Waals surface area contributed by atoms with Crippen LogP contribution in [0.4, 0.5) is 0 Å². The van der Waals surface area contributed by atoms with Gasteiger partial charge in [-0.15, -0.1) is 11.8 Å². The molecule has 1 unspecified atom stereocenters. The van der Waals surface area contributed by atoms with Crippen LogP contribution in [0.3, 0.4) is 0 Å². The van der Waals surface area contributed by atoms with Crippen LogP contribution >= 0.6 is 11.8 Å². The molecule has 18 heavy (non-hydrogen) atoms. The minimum absolute atomic E-state index is 0.0699. The Kier molecular flexibility index (Phi) is 7.53. The topological polar surface area (TPSA) is 49.3 Å². The first-order valence-electron chi connectivity index (χ1n) is 6.27. The van der Waals surface area contributed by atoms with Gasteiger partial charge in [-0.2, -0.15) is 0 Å². The number of aliphatic hydroxyl groups excluding tert-OH is 1. The van der Waals surface area contributed by atoms with Crippen LogP contribution < -0.4 is 5.32 Å². The lowest BCUT2D eigenvalue weighted by Gasteiger charge is -2.08. The van der Waals surface area contributed by atoms with Crippen molar-refractivity contribution in [2.24, 2.45) is 5.92 Å². The molecule has 2 N–H and O–H groups in total. The molecule has 0 saturated heterocycles. The fourth-order valence-electron chi connectivity index (χ4n) is 1.49. The summed E-state index contributed by atoms with van der Waals surface area (Å²) in [5.74, 6) is 0.848. The van der Waals surface area contributed by atoms with Crippen LogP contribution in [0.5, 0.6) is 0 Å². The summed E-state index contributed by atoms with van der Waals surface area (Å²) in [6, 6.07) is 9.90. The van der Waals surface area contributed by atoms with Gasteiger partial charge in [0.2, 0.25) is 5.91 Å². The van der Waals surface area contributed by atoms with E-state index >= 15 is 0 Å². The number of hydrogen-bond acceptors (Lipinski definition) is 3. The molecule has 100 valence electrons. The summed E-state index contributed by atoms with van der Waals surface area (Å²) < 4.78 is 0. The van der Waals surface area contributed by atoms with E-state index in [9.17, 15) is 4.79 Å². The number of thioether (sulfide) groups is 1. The summed E-state index contributed by atoms with van der Waals surface area (Å²) in [7, 11) is 0. The van der Waals surface area contributed by atoms with E-state index in [-0.39, 0.29) is 12.5 Å². The maximum absolute atomic E-state index is 11.5. The van der Waals surface area contributed by atoms with Crippen LogP contribution in [0.15, 0.2) is 35.2 Å². The van der Waals surface area contributed by atoms with E-state index < -0.39 is 0 Å². The highest BCUT2D eigenvalue weighted by Gasteiger charge is 2.03. The van der Waals surface area contributed by atoms with Gasteiger partial charge < -0.3 is 10.4 Å². The van der Waals surface area contributed by atoms with E-state index in [2.05, 4.69) is 5.32 Å². The zero-order chi connectivity index (χ0) is 13.2. The van der Waals surface area contributed by atoms with Crippen molar-refractivity contribution in [2.75, 3.05) is 18.9 Å². The predicted octanol–water partition coefficient (Wildman–Crippen LogP) is 2.30. The average Bonchev–Trinajstić information content (AvgIpc) is 2.42. The third-order valence-corrected chi connectivity index (χ3v) is 3.63. The minimum Gasteiger partial charge on any atom is -0.396 e. The quantitative estimate of drug-likeness (QED) is 0.561. The second-order valence-corrected chi connectivity index (χ2v) is 5.43. The summed E-state index contributed by atoms with van der Waals surface area (Å²) in [5.41, 5.74) is 0. The molecule has 4 heteroatoms. The van der Waals surface area contributed by atoms with Crippen molar-refractivity contribution in [1.29, 1.82) is 0 Å². The molecule has 0 saturated carbocycles. The number of nitrogens with one attached hydrogen (secondary N) is 1. The number of hydrogen-bond donors (Lipinski definition) is 2. The van der Waals surface area contributed by atoms with E-state index in [0.29, 0.717) is 18.2 Å². The summed E-state index contributed by atoms with van der Waals surface area (Å²) in [4.78, 5) is 12.7. The molecule has 0 heterocycles. The minimum atomic E-state index is 0.0699. The highest BCUT2D eigenvalue weighted by Crippen LogP contribution is 2.16. The number of benzene rings is 1. The van der Waals surface area contributed by atoms with Crippen molar-refractivity contribution in [3.05, 3.63) is 30.3 Å². The Bertz CT molecular complexity index is 343. The van der Waals surface area contributed by atoms with E-state index in [4.69, 9.17) is 5.11 Å². The second-order valence-electron chi connectivity index (χ2n) is 4.38. The average molecular weight is 267 g/mol. The van der Waals surface area contributed by atoms with Gasteiger partial charge in [0, 0.05) is 18.0 Å². The Balaban J connectivity index is 2.07. The van der Waals surface area contributed by atoms with Crippen molar-refractivity contribution in [3.8, 4) is 0 Å². The SMILES string of the molecule is CC(CO)CCCNC(=O)CSc1ccccc1. The number of aliphatic hydroxyl groups is 1. The summed E-state index contributed by atoms with van der Waals surface area (Å²) in [5, 5.41) is 11.8. The van der Waals surface area contributed by atoms with Gasteiger partial charge in [-0.3, -0.25) is 4.79 Å². The fourth-order valence-corrected chi connectivity index (χ4v) is 2.24. The molecule has 0 radical (unpaired) electrons. The second kappa shape index (κ2) is 9.00. The fraction of sp³-hybridized carbons (Fsp3) is 0.500. The van der Waals surface area contributed by atoms with E-state index in [1.807, 2.05) is 37.3 Å². The highest BCUT2D eigenvalue weighted by molar-refractivity contribution is 8.00. The highest BCUT2D eigenvalue weighted by atomic mass is 32.2. The van der Waals surface area contributed by atoms with Gasteiger partial charge in [-0.25, -0.2) is 0 Å². The Hall–Kier alpha value is -1.00. The van der Waals surface area contributed by atoms with Gasteiger partial charge in [-0.1, -0.05) is 25.1 Å². The number of rotatable bonds is 8.